The van der Waals surface area contributed by atoms with Crippen LogP contribution in [0.3, 0.4) is 0 Å². The van der Waals surface area contributed by atoms with E-state index in [2.05, 4.69) is 62.3 Å². The van der Waals surface area contributed by atoms with E-state index in [4.69, 9.17) is 0 Å². The lowest BCUT2D eigenvalue weighted by atomic mass is 10.1. The number of nitrogens with one attached hydrogen (secondary N) is 1. The number of para-hydroxylation sites is 1. The molecule has 0 aliphatic heterocycles. The number of rotatable bonds is 6. The van der Waals surface area contributed by atoms with Gasteiger partial charge in [-0.15, -0.1) is 0 Å². The fraction of sp³-hybridized carbons (Fsp3) is 0.571. The van der Waals surface area contributed by atoms with Crippen molar-refractivity contribution in [2.24, 2.45) is 0 Å². The van der Waals surface area contributed by atoms with E-state index in [9.17, 15) is 0 Å². The monoisotopic (exact) mass is 220 g/mol. The largest absolute Gasteiger partial charge is 0.374 e. The zero-order valence-electron chi connectivity index (χ0n) is 11.0. The Labute approximate surface area is 99.7 Å². The smallest absolute Gasteiger partial charge is 0.0393 e. The first-order valence-corrected chi connectivity index (χ1v) is 6.15. The molecule has 0 saturated carbocycles. The summed E-state index contributed by atoms with van der Waals surface area (Å²) in [5.74, 6) is 0. The Balaban J connectivity index is 2.46. The minimum absolute atomic E-state index is 0.594. The van der Waals surface area contributed by atoms with Crippen molar-refractivity contribution < 1.29 is 0 Å². The summed E-state index contributed by atoms with van der Waals surface area (Å²) >= 11 is 0. The molecular weight excluding hydrogens is 196 g/mol. The van der Waals surface area contributed by atoms with E-state index in [1.54, 1.807) is 0 Å². The molecule has 90 valence electrons. The molecule has 0 radical (unpaired) electrons. The van der Waals surface area contributed by atoms with Gasteiger partial charge in [-0.25, -0.2) is 0 Å². The second kappa shape index (κ2) is 6.54. The maximum atomic E-state index is 3.44. The molecular formula is C14H24N2. The number of hydrogen-bond donors (Lipinski definition) is 1. The molecule has 16 heavy (non-hydrogen) atoms. The first-order chi connectivity index (χ1) is 7.65. The maximum absolute atomic E-state index is 3.44. The van der Waals surface area contributed by atoms with Crippen LogP contribution in [0.15, 0.2) is 24.3 Å². The molecule has 0 amide bonds. The second-order valence-corrected chi connectivity index (χ2v) is 4.46. The number of nitrogens with zero attached hydrogens (tertiary/aromatic N) is 1. The predicted octanol–water partition coefficient (Wildman–Crippen LogP) is 2.82. The van der Waals surface area contributed by atoms with E-state index in [0.29, 0.717) is 6.04 Å². The molecule has 0 bridgehead atoms. The lowest BCUT2D eigenvalue weighted by Gasteiger charge is -2.23. The van der Waals surface area contributed by atoms with Crippen molar-refractivity contribution in [3.05, 3.63) is 29.8 Å². The summed E-state index contributed by atoms with van der Waals surface area (Å²) in [4.78, 5) is 2.34. The zero-order valence-corrected chi connectivity index (χ0v) is 11.0. The molecule has 1 aromatic rings. The number of hydrogen-bond acceptors (Lipinski definition) is 2. The molecule has 0 heterocycles. The molecule has 0 spiro atoms. The van der Waals surface area contributed by atoms with E-state index >= 15 is 0 Å². The molecule has 0 aliphatic rings. The molecule has 2 nitrogen and oxygen atoms in total. The molecule has 1 unspecified atom stereocenters. The maximum Gasteiger partial charge on any atom is 0.0393 e. The van der Waals surface area contributed by atoms with Gasteiger partial charge < -0.3 is 10.2 Å². The van der Waals surface area contributed by atoms with Crippen molar-refractivity contribution in [1.29, 1.82) is 0 Å². The van der Waals surface area contributed by atoms with Gasteiger partial charge in [-0.05, 0) is 38.4 Å². The standard InChI is InChI=1S/C14H24N2/c1-5-15-13(3)10-11-16(4)14-9-7-6-8-12(14)2/h6-9,13,15H,5,10-11H2,1-4H3. The van der Waals surface area contributed by atoms with Crippen LogP contribution in [0.4, 0.5) is 5.69 Å². The van der Waals surface area contributed by atoms with Gasteiger partial charge in [-0.2, -0.15) is 0 Å². The van der Waals surface area contributed by atoms with E-state index in [-0.39, 0.29) is 0 Å². The van der Waals surface area contributed by atoms with Gasteiger partial charge in [-0.3, -0.25) is 0 Å². The Morgan fingerprint density at radius 3 is 2.62 bits per heavy atom. The first-order valence-electron chi connectivity index (χ1n) is 6.15. The van der Waals surface area contributed by atoms with Crippen LogP contribution in [0.1, 0.15) is 25.8 Å². The average molecular weight is 220 g/mol. The molecule has 0 saturated heterocycles. The summed E-state index contributed by atoms with van der Waals surface area (Å²) < 4.78 is 0. The van der Waals surface area contributed by atoms with Gasteiger partial charge in [0.05, 0.1) is 0 Å². The second-order valence-electron chi connectivity index (χ2n) is 4.46. The van der Waals surface area contributed by atoms with Crippen molar-refractivity contribution >= 4 is 5.69 Å². The number of benzene rings is 1. The topological polar surface area (TPSA) is 15.3 Å². The molecule has 0 aromatic heterocycles. The third-order valence-electron chi connectivity index (χ3n) is 2.98. The normalized spacial score (nSPS) is 12.5. The lowest BCUT2D eigenvalue weighted by Crippen LogP contribution is -2.30. The van der Waals surface area contributed by atoms with Gasteiger partial charge in [0.1, 0.15) is 0 Å². The average Bonchev–Trinajstić information content (AvgIpc) is 2.27. The van der Waals surface area contributed by atoms with Crippen molar-refractivity contribution in [1.82, 2.24) is 5.32 Å². The van der Waals surface area contributed by atoms with E-state index in [1.807, 2.05) is 0 Å². The minimum atomic E-state index is 0.594. The zero-order chi connectivity index (χ0) is 12.0. The Bertz CT molecular complexity index is 309. The van der Waals surface area contributed by atoms with Gasteiger partial charge in [-0.1, -0.05) is 25.1 Å². The highest BCUT2D eigenvalue weighted by molar-refractivity contribution is 5.52. The van der Waals surface area contributed by atoms with Gasteiger partial charge in [0, 0.05) is 25.3 Å². The minimum Gasteiger partial charge on any atom is -0.374 e. The van der Waals surface area contributed by atoms with E-state index in [0.717, 1.165) is 13.1 Å². The highest BCUT2D eigenvalue weighted by Gasteiger charge is 2.05. The van der Waals surface area contributed by atoms with Crippen molar-refractivity contribution in [3.63, 3.8) is 0 Å². The summed E-state index contributed by atoms with van der Waals surface area (Å²) in [6.07, 6.45) is 1.18. The summed E-state index contributed by atoms with van der Waals surface area (Å²) in [5, 5.41) is 3.44. The van der Waals surface area contributed by atoms with Crippen LogP contribution >= 0.6 is 0 Å². The SMILES string of the molecule is CCNC(C)CCN(C)c1ccccc1C. The molecule has 1 atom stereocenters. The molecule has 0 aliphatic carbocycles. The van der Waals surface area contributed by atoms with Gasteiger partial charge in [0.2, 0.25) is 0 Å². The van der Waals surface area contributed by atoms with Crippen molar-refractivity contribution in [2.45, 2.75) is 33.2 Å². The van der Waals surface area contributed by atoms with Crippen molar-refractivity contribution in [3.8, 4) is 0 Å². The third-order valence-corrected chi connectivity index (χ3v) is 2.98. The van der Waals surface area contributed by atoms with Gasteiger partial charge in [0.15, 0.2) is 0 Å². The van der Waals surface area contributed by atoms with Crippen LogP contribution < -0.4 is 10.2 Å². The van der Waals surface area contributed by atoms with Crippen LogP contribution in [-0.4, -0.2) is 26.2 Å². The Morgan fingerprint density at radius 2 is 2.00 bits per heavy atom. The van der Waals surface area contributed by atoms with Crippen LogP contribution in [0.5, 0.6) is 0 Å². The molecule has 1 aromatic carbocycles. The summed E-state index contributed by atoms with van der Waals surface area (Å²) in [7, 11) is 2.17. The molecule has 1 N–H and O–H groups in total. The van der Waals surface area contributed by atoms with Gasteiger partial charge in [0.25, 0.3) is 0 Å². The molecule has 1 rings (SSSR count). The summed E-state index contributed by atoms with van der Waals surface area (Å²) in [5.41, 5.74) is 2.69. The number of anilines is 1. The third kappa shape index (κ3) is 3.86. The Morgan fingerprint density at radius 1 is 1.31 bits per heavy atom. The highest BCUT2D eigenvalue weighted by Crippen LogP contribution is 2.17. The molecule has 0 fully saturated rings. The lowest BCUT2D eigenvalue weighted by molar-refractivity contribution is 0.531. The fourth-order valence-electron chi connectivity index (χ4n) is 1.95. The highest BCUT2D eigenvalue weighted by atomic mass is 15.1. The van der Waals surface area contributed by atoms with E-state index < -0.39 is 0 Å². The van der Waals surface area contributed by atoms with Gasteiger partial charge >= 0.3 is 0 Å². The van der Waals surface area contributed by atoms with Crippen molar-refractivity contribution in [2.75, 3.05) is 25.0 Å². The van der Waals surface area contributed by atoms with Crippen LogP contribution in [-0.2, 0) is 0 Å². The predicted molar refractivity (Wildman–Crippen MR) is 72.2 cm³/mol. The Kier molecular flexibility index (Phi) is 5.33. The summed E-state index contributed by atoms with van der Waals surface area (Å²) in [6, 6.07) is 9.14. The van der Waals surface area contributed by atoms with Crippen LogP contribution in [0.2, 0.25) is 0 Å². The Hall–Kier alpha value is -1.02. The fourth-order valence-corrected chi connectivity index (χ4v) is 1.95. The van der Waals surface area contributed by atoms with Crippen LogP contribution in [0, 0.1) is 6.92 Å². The summed E-state index contributed by atoms with van der Waals surface area (Å²) in [6.45, 7) is 8.71. The first kappa shape index (κ1) is 13.0. The quantitative estimate of drug-likeness (QED) is 0.793. The van der Waals surface area contributed by atoms with E-state index in [1.165, 1.54) is 17.7 Å². The molecule has 2 heteroatoms. The number of aryl methyl sites for hydroxylation is 1. The van der Waals surface area contributed by atoms with Crippen LogP contribution in [0.25, 0.3) is 0 Å².